The van der Waals surface area contributed by atoms with Crippen LogP contribution in [0.1, 0.15) is 97.6 Å². The topological polar surface area (TPSA) is 145 Å². The standard InChI is InChI=1S/C45H60ClN3O9/c1-5-29-23-45(29,43(53)54)24-36(50)35-21-32(25-49(35)42(52)34(44(2,3)4)22-39(51)58-31-18-27-17-28(27)19-31)57-38-20-30(16-26-6-7-26)47-41-33(38)8-9-37(40(41)46)56-15-12-48-10-13-55-14-11-48/h8-9,20,26-29,31-32,34-35H,5-7,10-19,21-25H2,1-4H3,(H,53,54)/t27-,28+,29-,31?,32-,34-,35+,45-/m1/s1. The van der Waals surface area contributed by atoms with Gasteiger partial charge in [0.25, 0.3) is 0 Å². The number of aliphatic carboxylic acids is 1. The van der Waals surface area contributed by atoms with Crippen LogP contribution in [0.25, 0.3) is 10.9 Å². The van der Waals surface area contributed by atoms with E-state index in [1.165, 1.54) is 6.42 Å². The summed E-state index contributed by atoms with van der Waals surface area (Å²) < 4.78 is 24.4. The first-order valence-electron chi connectivity index (χ1n) is 21.7. The lowest BCUT2D eigenvalue weighted by atomic mass is 9.77. The Morgan fingerprint density at radius 1 is 1.03 bits per heavy atom. The lowest BCUT2D eigenvalue weighted by Gasteiger charge is -2.35. The van der Waals surface area contributed by atoms with E-state index in [9.17, 15) is 24.3 Å². The van der Waals surface area contributed by atoms with Crippen molar-refractivity contribution in [1.82, 2.24) is 14.8 Å². The Morgan fingerprint density at radius 2 is 1.78 bits per heavy atom. The molecule has 8 atom stereocenters. The third-order valence-electron chi connectivity index (χ3n) is 13.9. The van der Waals surface area contributed by atoms with Crippen molar-refractivity contribution in [3.8, 4) is 11.5 Å². The van der Waals surface area contributed by atoms with Crippen LogP contribution < -0.4 is 9.47 Å². The number of hydrogen-bond donors (Lipinski definition) is 1. The van der Waals surface area contributed by atoms with Gasteiger partial charge in [-0.15, -0.1) is 0 Å². The van der Waals surface area contributed by atoms with Gasteiger partial charge in [-0.05, 0) is 86.2 Å². The summed E-state index contributed by atoms with van der Waals surface area (Å²) in [6, 6.07) is 4.79. The fourth-order valence-electron chi connectivity index (χ4n) is 9.93. The van der Waals surface area contributed by atoms with Crippen LogP contribution in [0, 0.1) is 40.4 Å². The van der Waals surface area contributed by atoms with Gasteiger partial charge in [0.15, 0.2) is 5.78 Å². The van der Waals surface area contributed by atoms with Crippen molar-refractivity contribution in [2.24, 2.45) is 40.4 Å². The normalized spacial score (nSPS) is 29.8. The molecule has 6 aliphatic rings. The summed E-state index contributed by atoms with van der Waals surface area (Å²) in [7, 11) is 0. The Hall–Kier alpha value is -3.48. The van der Waals surface area contributed by atoms with E-state index in [-0.39, 0.29) is 49.5 Å². The number of carbonyl (C=O) groups excluding carboxylic acids is 3. The third-order valence-corrected chi connectivity index (χ3v) is 14.3. The number of ketones is 1. The molecule has 58 heavy (non-hydrogen) atoms. The van der Waals surface area contributed by atoms with Crippen LogP contribution >= 0.6 is 11.6 Å². The second-order valence-corrected chi connectivity index (χ2v) is 19.6. The van der Waals surface area contributed by atoms with Gasteiger partial charge in [-0.1, -0.05) is 45.7 Å². The van der Waals surface area contributed by atoms with Crippen LogP contribution in [0.3, 0.4) is 0 Å². The number of ether oxygens (including phenoxy) is 4. The van der Waals surface area contributed by atoms with Gasteiger partial charge < -0.3 is 29.0 Å². The van der Waals surface area contributed by atoms with E-state index in [2.05, 4.69) is 4.90 Å². The molecular weight excluding hydrogens is 762 g/mol. The number of Topliss-reactive ketones (excluding diaryl/α,β-unsaturated/α-hetero) is 1. The zero-order chi connectivity index (χ0) is 40.9. The number of rotatable bonds is 17. The zero-order valence-corrected chi connectivity index (χ0v) is 35.3. The first-order chi connectivity index (χ1) is 27.7. The van der Waals surface area contributed by atoms with Gasteiger partial charge in [0.05, 0.1) is 49.1 Å². The second-order valence-electron chi connectivity index (χ2n) is 19.2. The molecule has 1 aromatic carbocycles. The van der Waals surface area contributed by atoms with E-state index in [1.807, 2.05) is 45.9 Å². The first kappa shape index (κ1) is 41.3. The lowest BCUT2D eigenvalue weighted by molar-refractivity contribution is -0.157. The van der Waals surface area contributed by atoms with E-state index in [0.717, 1.165) is 57.4 Å². The number of esters is 1. The number of amides is 1. The summed E-state index contributed by atoms with van der Waals surface area (Å²) in [4.78, 5) is 63.9. The zero-order valence-electron chi connectivity index (χ0n) is 34.5. The number of hydrogen-bond acceptors (Lipinski definition) is 10. The van der Waals surface area contributed by atoms with Gasteiger partial charge >= 0.3 is 11.9 Å². The highest BCUT2D eigenvalue weighted by molar-refractivity contribution is 6.36. The molecule has 3 heterocycles. The van der Waals surface area contributed by atoms with Gasteiger partial charge in [-0.3, -0.25) is 29.1 Å². The molecule has 1 N–H and O–H groups in total. The maximum absolute atomic E-state index is 14.8. The number of benzene rings is 1. The number of carbonyl (C=O) groups is 4. The summed E-state index contributed by atoms with van der Waals surface area (Å²) in [6.45, 7) is 12.2. The molecule has 6 fully saturated rings. The maximum Gasteiger partial charge on any atom is 0.310 e. The fraction of sp³-hybridized carbons (Fsp3) is 0.711. The number of morpholine rings is 1. The highest BCUT2D eigenvalue weighted by Crippen LogP contribution is 2.58. The molecule has 1 amide bonds. The number of nitrogens with zero attached hydrogens (tertiary/aromatic N) is 3. The maximum atomic E-state index is 14.8. The van der Waals surface area contributed by atoms with Crippen molar-refractivity contribution in [2.45, 2.75) is 117 Å². The number of fused-ring (bicyclic) bond motifs is 2. The average molecular weight is 822 g/mol. The van der Waals surface area contributed by atoms with Crippen molar-refractivity contribution in [1.29, 1.82) is 0 Å². The molecule has 2 saturated heterocycles. The molecule has 4 aliphatic carbocycles. The minimum Gasteiger partial charge on any atom is -0.491 e. The predicted octanol–water partition coefficient (Wildman–Crippen LogP) is 6.75. The molecule has 316 valence electrons. The Balaban J connectivity index is 1.04. The summed E-state index contributed by atoms with van der Waals surface area (Å²) in [5.74, 6) is 0.154. The highest BCUT2D eigenvalue weighted by atomic mass is 35.5. The molecule has 2 aromatic rings. The van der Waals surface area contributed by atoms with Crippen LogP contribution in [0.15, 0.2) is 18.2 Å². The molecule has 1 unspecified atom stereocenters. The Kier molecular flexibility index (Phi) is 11.8. The van der Waals surface area contributed by atoms with Crippen LogP contribution in [-0.4, -0.2) is 108 Å². The van der Waals surface area contributed by atoms with Gasteiger partial charge in [-0.2, -0.15) is 0 Å². The van der Waals surface area contributed by atoms with E-state index in [0.29, 0.717) is 77.8 Å². The molecule has 8 rings (SSSR count). The van der Waals surface area contributed by atoms with E-state index < -0.39 is 40.8 Å². The molecule has 0 bridgehead atoms. The van der Waals surface area contributed by atoms with E-state index >= 15 is 0 Å². The molecule has 4 saturated carbocycles. The molecule has 12 nitrogen and oxygen atoms in total. The Labute approximate surface area is 346 Å². The van der Waals surface area contributed by atoms with Gasteiger partial charge in [0.2, 0.25) is 5.91 Å². The molecule has 13 heteroatoms. The summed E-state index contributed by atoms with van der Waals surface area (Å²) in [5, 5.41) is 11.4. The average Bonchev–Trinajstić information content (AvgIpc) is 4.15. The number of pyridine rings is 1. The number of aromatic nitrogens is 1. The minimum atomic E-state index is -1.12. The second kappa shape index (κ2) is 16.5. The minimum absolute atomic E-state index is 0.0867. The van der Waals surface area contributed by atoms with E-state index in [1.54, 1.807) is 4.90 Å². The van der Waals surface area contributed by atoms with Crippen molar-refractivity contribution < 1.29 is 43.2 Å². The van der Waals surface area contributed by atoms with Gasteiger partial charge in [-0.25, -0.2) is 0 Å². The highest BCUT2D eigenvalue weighted by Gasteiger charge is 2.61. The van der Waals surface area contributed by atoms with Crippen LogP contribution in [0.2, 0.25) is 5.02 Å². The van der Waals surface area contributed by atoms with Crippen LogP contribution in [-0.2, 0) is 35.1 Å². The van der Waals surface area contributed by atoms with Crippen molar-refractivity contribution in [2.75, 3.05) is 46.0 Å². The van der Waals surface area contributed by atoms with E-state index in [4.69, 9.17) is 35.5 Å². The molecule has 1 aromatic heterocycles. The smallest absolute Gasteiger partial charge is 0.310 e. The summed E-state index contributed by atoms with van der Waals surface area (Å²) >= 11 is 7.04. The van der Waals surface area contributed by atoms with Crippen LogP contribution in [0.4, 0.5) is 0 Å². The number of halogens is 1. The lowest BCUT2D eigenvalue weighted by Crippen LogP contribution is -2.48. The molecule has 0 radical (unpaired) electrons. The largest absolute Gasteiger partial charge is 0.491 e. The number of carboxylic acids is 1. The summed E-state index contributed by atoms with van der Waals surface area (Å²) in [6.07, 6.45) is 6.41. The van der Waals surface area contributed by atoms with Crippen LogP contribution in [0.5, 0.6) is 11.5 Å². The third kappa shape index (κ3) is 8.99. The Bertz CT molecular complexity index is 1900. The van der Waals surface area contributed by atoms with Gasteiger partial charge in [0.1, 0.15) is 35.3 Å². The Morgan fingerprint density at radius 3 is 2.43 bits per heavy atom. The fourth-order valence-corrected chi connectivity index (χ4v) is 10.2. The van der Waals surface area contributed by atoms with Crippen molar-refractivity contribution >= 4 is 46.1 Å². The summed E-state index contributed by atoms with van der Waals surface area (Å²) in [5.41, 5.74) is -0.313. The van der Waals surface area contributed by atoms with Gasteiger partial charge in [0, 0.05) is 49.6 Å². The number of carboxylic acid groups (broad SMARTS) is 1. The predicted molar refractivity (Wildman–Crippen MR) is 217 cm³/mol. The SMILES string of the molecule is CC[C@@H]1C[C@]1(CC(=O)[C@@H]1C[C@@H](Oc2cc(CC3CC3)nc3c(Cl)c(OCCN4CCOCC4)ccc23)CN1C(=O)[C@@H](CC(=O)OC1C[C@@H]2C[C@@H]2C1)C(C)(C)C)C(=O)O. The van der Waals surface area contributed by atoms with Crippen molar-refractivity contribution in [3.05, 3.63) is 28.9 Å². The quantitative estimate of drug-likeness (QED) is 0.169. The number of likely N-dealkylation sites (tertiary alicyclic amines) is 1. The monoisotopic (exact) mass is 821 g/mol. The first-order valence-corrected chi connectivity index (χ1v) is 22.1. The van der Waals surface area contributed by atoms with Crippen molar-refractivity contribution in [3.63, 3.8) is 0 Å². The molecule has 0 spiro atoms. The molecular formula is C45H60ClN3O9. The molecule has 2 aliphatic heterocycles.